The summed E-state index contributed by atoms with van der Waals surface area (Å²) in [7, 11) is 0. The largest absolute Gasteiger partial charge is 0.489 e. The molecule has 0 aliphatic heterocycles. The van der Waals surface area contributed by atoms with E-state index in [9.17, 15) is 18.0 Å². The van der Waals surface area contributed by atoms with Crippen LogP contribution in [0, 0.1) is 0 Å². The number of hydrogen-bond donors (Lipinski definition) is 1. The Balaban J connectivity index is 1.55. The van der Waals surface area contributed by atoms with Crippen LogP contribution in [0.5, 0.6) is 5.75 Å². The summed E-state index contributed by atoms with van der Waals surface area (Å²) in [6.45, 7) is 0.320. The van der Waals surface area contributed by atoms with Gasteiger partial charge in [0.2, 0.25) is 0 Å². The van der Waals surface area contributed by atoms with Crippen LogP contribution in [-0.2, 0) is 12.8 Å². The second kappa shape index (κ2) is 9.45. The van der Waals surface area contributed by atoms with Crippen LogP contribution in [0.25, 0.3) is 0 Å². The fourth-order valence-corrected chi connectivity index (χ4v) is 2.68. The zero-order valence-corrected chi connectivity index (χ0v) is 16.2. The van der Waals surface area contributed by atoms with Crippen molar-refractivity contribution in [2.75, 3.05) is 0 Å². The van der Waals surface area contributed by atoms with Crippen molar-refractivity contribution >= 4 is 23.7 Å². The molecule has 0 unspecified atom stereocenters. The van der Waals surface area contributed by atoms with E-state index in [2.05, 4.69) is 10.5 Å². The normalized spacial score (nSPS) is 11.5. The summed E-state index contributed by atoms with van der Waals surface area (Å²) in [5.41, 5.74) is 2.71. The molecular weight excluding hydrogens is 417 g/mol. The van der Waals surface area contributed by atoms with Crippen LogP contribution in [0.2, 0.25) is 5.02 Å². The van der Waals surface area contributed by atoms with Crippen molar-refractivity contribution in [1.82, 2.24) is 5.43 Å². The number of hydrazone groups is 1. The number of hydrogen-bond acceptors (Lipinski definition) is 3. The predicted molar refractivity (Wildman–Crippen MR) is 109 cm³/mol. The third-order valence-electron chi connectivity index (χ3n) is 4.06. The van der Waals surface area contributed by atoms with Crippen molar-refractivity contribution in [1.29, 1.82) is 0 Å². The molecule has 0 aliphatic rings. The van der Waals surface area contributed by atoms with Gasteiger partial charge in [0.15, 0.2) is 0 Å². The Morgan fingerprint density at radius 2 is 1.77 bits per heavy atom. The van der Waals surface area contributed by atoms with Gasteiger partial charge < -0.3 is 4.74 Å². The van der Waals surface area contributed by atoms with Gasteiger partial charge in [-0.05, 0) is 54.1 Å². The van der Waals surface area contributed by atoms with Crippen LogP contribution in [0.15, 0.2) is 77.9 Å². The van der Waals surface area contributed by atoms with Crippen LogP contribution in [0.1, 0.15) is 27.0 Å². The maximum atomic E-state index is 12.7. The number of benzene rings is 3. The highest BCUT2D eigenvalue weighted by atomic mass is 35.5. The minimum Gasteiger partial charge on any atom is -0.489 e. The first-order valence-electron chi connectivity index (χ1n) is 8.80. The van der Waals surface area contributed by atoms with Crippen molar-refractivity contribution in [2.45, 2.75) is 12.8 Å². The van der Waals surface area contributed by atoms with Gasteiger partial charge in [-0.2, -0.15) is 18.3 Å². The number of amides is 1. The molecule has 0 aromatic heterocycles. The number of nitrogens with zero attached hydrogens (tertiary/aromatic N) is 1. The monoisotopic (exact) mass is 432 g/mol. The Hall–Kier alpha value is -3.32. The molecule has 1 amide bonds. The minimum atomic E-state index is -4.52. The molecule has 0 heterocycles. The molecule has 4 nitrogen and oxygen atoms in total. The van der Waals surface area contributed by atoms with Crippen LogP contribution < -0.4 is 10.2 Å². The van der Waals surface area contributed by atoms with E-state index in [4.69, 9.17) is 16.3 Å². The maximum absolute atomic E-state index is 12.7. The fourth-order valence-electron chi connectivity index (χ4n) is 2.49. The summed E-state index contributed by atoms with van der Waals surface area (Å²) in [5, 5.41) is 4.40. The van der Waals surface area contributed by atoms with Crippen LogP contribution >= 0.6 is 11.6 Å². The molecule has 0 aliphatic carbocycles. The molecule has 3 aromatic carbocycles. The topological polar surface area (TPSA) is 50.7 Å². The quantitative estimate of drug-likeness (QED) is 0.401. The predicted octanol–water partition coefficient (Wildman–Crippen LogP) is 5.70. The highest BCUT2D eigenvalue weighted by Gasteiger charge is 2.30. The van der Waals surface area contributed by atoms with E-state index in [0.717, 1.165) is 17.7 Å². The number of ether oxygens (including phenoxy) is 1. The first kappa shape index (κ1) is 21.4. The SMILES string of the molecule is O=C(N/N=C\c1ccc(OCc2ccccc2Cl)cc1)c1cccc(C(F)(F)F)c1. The van der Waals surface area contributed by atoms with Crippen molar-refractivity contribution in [2.24, 2.45) is 5.10 Å². The molecule has 0 atom stereocenters. The van der Waals surface area contributed by atoms with Gasteiger partial charge in [-0.3, -0.25) is 4.79 Å². The lowest BCUT2D eigenvalue weighted by Gasteiger charge is -2.08. The Bertz CT molecular complexity index is 1050. The standard InChI is InChI=1S/C22H16ClF3N2O2/c23-20-7-2-1-4-17(20)14-30-19-10-8-15(9-11-19)13-27-28-21(29)16-5-3-6-18(12-16)22(24,25)26/h1-13H,14H2,(H,28,29)/b27-13-. The first-order valence-corrected chi connectivity index (χ1v) is 9.17. The van der Waals surface area contributed by atoms with Gasteiger partial charge in [-0.25, -0.2) is 5.43 Å². The molecule has 30 heavy (non-hydrogen) atoms. The van der Waals surface area contributed by atoms with Crippen molar-refractivity contribution in [3.8, 4) is 5.75 Å². The van der Waals surface area contributed by atoms with E-state index in [0.29, 0.717) is 22.9 Å². The average Bonchev–Trinajstić information content (AvgIpc) is 2.73. The molecule has 0 saturated heterocycles. The van der Waals surface area contributed by atoms with Gasteiger partial charge in [-0.15, -0.1) is 0 Å². The average molecular weight is 433 g/mol. The molecule has 8 heteroatoms. The van der Waals surface area contributed by atoms with Crippen molar-refractivity contribution in [3.63, 3.8) is 0 Å². The third kappa shape index (κ3) is 5.84. The summed E-state index contributed by atoms with van der Waals surface area (Å²) in [6.07, 6.45) is -3.14. The van der Waals surface area contributed by atoms with Crippen molar-refractivity contribution in [3.05, 3.63) is 100 Å². The van der Waals surface area contributed by atoms with Crippen molar-refractivity contribution < 1.29 is 22.7 Å². The molecule has 3 rings (SSSR count). The number of nitrogens with one attached hydrogen (secondary N) is 1. The number of alkyl halides is 3. The van der Waals surface area contributed by atoms with E-state index < -0.39 is 17.6 Å². The molecule has 0 radical (unpaired) electrons. The maximum Gasteiger partial charge on any atom is 0.416 e. The lowest BCUT2D eigenvalue weighted by molar-refractivity contribution is -0.137. The summed E-state index contributed by atoms with van der Waals surface area (Å²) in [5.74, 6) is -0.114. The highest BCUT2D eigenvalue weighted by Crippen LogP contribution is 2.29. The Morgan fingerprint density at radius 3 is 2.47 bits per heavy atom. The summed E-state index contributed by atoms with van der Waals surface area (Å²) >= 11 is 6.09. The lowest BCUT2D eigenvalue weighted by Crippen LogP contribution is -2.18. The smallest absolute Gasteiger partial charge is 0.416 e. The van der Waals surface area contributed by atoms with E-state index >= 15 is 0 Å². The minimum absolute atomic E-state index is 0.134. The second-order valence-electron chi connectivity index (χ2n) is 6.23. The van der Waals surface area contributed by atoms with Gasteiger partial charge in [-0.1, -0.05) is 35.9 Å². The van der Waals surface area contributed by atoms with Gasteiger partial charge in [0.05, 0.1) is 11.8 Å². The van der Waals surface area contributed by atoms with Crippen LogP contribution in [0.4, 0.5) is 13.2 Å². The van der Waals surface area contributed by atoms with Gasteiger partial charge in [0.25, 0.3) is 5.91 Å². The number of carbonyl (C=O) groups excluding carboxylic acids is 1. The summed E-state index contributed by atoms with van der Waals surface area (Å²) in [4.78, 5) is 12.0. The number of rotatable bonds is 6. The molecule has 0 spiro atoms. The molecule has 3 aromatic rings. The Kier molecular flexibility index (Phi) is 6.74. The van der Waals surface area contributed by atoms with Crippen LogP contribution in [-0.4, -0.2) is 12.1 Å². The highest BCUT2D eigenvalue weighted by molar-refractivity contribution is 6.31. The molecule has 0 saturated carbocycles. The Morgan fingerprint density at radius 1 is 1.03 bits per heavy atom. The Labute approximate surface area is 175 Å². The zero-order chi connectivity index (χ0) is 21.6. The molecular formula is C22H16ClF3N2O2. The number of carbonyl (C=O) groups is 1. The molecule has 0 fully saturated rings. The second-order valence-corrected chi connectivity index (χ2v) is 6.63. The van der Waals surface area contributed by atoms with E-state index in [1.54, 1.807) is 30.3 Å². The lowest BCUT2D eigenvalue weighted by atomic mass is 10.1. The van der Waals surface area contributed by atoms with E-state index in [1.165, 1.54) is 18.3 Å². The molecule has 154 valence electrons. The summed E-state index contributed by atoms with van der Waals surface area (Å²) < 4.78 is 43.9. The van der Waals surface area contributed by atoms with E-state index in [1.807, 2.05) is 18.2 Å². The van der Waals surface area contributed by atoms with Gasteiger partial charge in [0.1, 0.15) is 12.4 Å². The molecule has 0 bridgehead atoms. The van der Waals surface area contributed by atoms with Gasteiger partial charge >= 0.3 is 6.18 Å². The van der Waals surface area contributed by atoms with Gasteiger partial charge in [0, 0.05) is 16.1 Å². The molecule has 1 N–H and O–H groups in total. The third-order valence-corrected chi connectivity index (χ3v) is 4.43. The number of halogens is 4. The fraction of sp³-hybridized carbons (Fsp3) is 0.0909. The van der Waals surface area contributed by atoms with E-state index in [-0.39, 0.29) is 5.56 Å². The summed E-state index contributed by atoms with van der Waals surface area (Å²) in [6, 6.07) is 18.4. The first-order chi connectivity index (χ1) is 14.3. The zero-order valence-electron chi connectivity index (χ0n) is 15.5. The van der Waals surface area contributed by atoms with Crippen LogP contribution in [0.3, 0.4) is 0 Å².